The minimum absolute atomic E-state index is 0.274. The van der Waals surface area contributed by atoms with Crippen molar-refractivity contribution in [2.75, 3.05) is 19.6 Å². The molecule has 3 N–H and O–H groups in total. The van der Waals surface area contributed by atoms with E-state index in [0.29, 0.717) is 37.9 Å². The van der Waals surface area contributed by atoms with E-state index in [4.69, 9.17) is 0 Å². The van der Waals surface area contributed by atoms with Crippen LogP contribution < -0.4 is 5.32 Å². The van der Waals surface area contributed by atoms with Crippen molar-refractivity contribution < 1.29 is 19.4 Å². The number of carbonyl (C=O) groups is 1. The number of fused-ring (bicyclic) bond motifs is 1. The third-order valence-electron chi connectivity index (χ3n) is 5.83. The molecule has 2 aliphatic rings. The Labute approximate surface area is 154 Å². The molecule has 1 aliphatic heterocycles. The maximum atomic E-state index is 13.2. The number of hydrogen-bond donors (Lipinski definition) is 3. The highest BCUT2D eigenvalue weighted by molar-refractivity contribution is 5.73. The molecule has 1 aromatic rings. The number of carboxylic acids is 1. The maximum Gasteiger partial charge on any atom is 0.320 e. The molecule has 0 spiro atoms. The van der Waals surface area contributed by atoms with Gasteiger partial charge in [0.2, 0.25) is 0 Å². The monoisotopic (exact) mass is 364 g/mol. The van der Waals surface area contributed by atoms with Crippen LogP contribution in [0.4, 0.5) is 4.39 Å². The first-order valence-corrected chi connectivity index (χ1v) is 9.63. The lowest BCUT2D eigenvalue weighted by molar-refractivity contribution is -0.147. The molecule has 1 aliphatic carbocycles. The summed E-state index contributed by atoms with van der Waals surface area (Å²) in [6, 6.07) is 5.87. The topological polar surface area (TPSA) is 72.8 Å². The van der Waals surface area contributed by atoms with E-state index >= 15 is 0 Å². The third kappa shape index (κ3) is 5.02. The Balaban J connectivity index is 1.49. The third-order valence-corrected chi connectivity index (χ3v) is 5.83. The molecule has 0 aromatic heterocycles. The van der Waals surface area contributed by atoms with Crippen molar-refractivity contribution in [3.05, 3.63) is 35.6 Å². The highest BCUT2D eigenvalue weighted by Crippen LogP contribution is 2.38. The number of halogens is 1. The van der Waals surface area contributed by atoms with Crippen LogP contribution in [-0.2, 0) is 11.3 Å². The summed E-state index contributed by atoms with van der Waals surface area (Å²) in [6.45, 7) is 1.95. The zero-order chi connectivity index (χ0) is 18.5. The Hall–Kier alpha value is -1.50. The van der Waals surface area contributed by atoms with Crippen molar-refractivity contribution in [1.82, 2.24) is 10.2 Å². The molecule has 2 fully saturated rings. The Morgan fingerprint density at radius 3 is 2.81 bits per heavy atom. The fourth-order valence-electron chi connectivity index (χ4n) is 4.52. The summed E-state index contributed by atoms with van der Waals surface area (Å²) >= 11 is 0. The van der Waals surface area contributed by atoms with Crippen LogP contribution in [0.25, 0.3) is 0 Å². The van der Waals surface area contributed by atoms with Crippen LogP contribution in [0.3, 0.4) is 0 Å². The summed E-state index contributed by atoms with van der Waals surface area (Å²) in [4.78, 5) is 13.6. The van der Waals surface area contributed by atoms with E-state index < -0.39 is 18.1 Å². The predicted octanol–water partition coefficient (Wildman–Crippen LogP) is 2.24. The predicted molar refractivity (Wildman–Crippen MR) is 97.2 cm³/mol. The second-order valence-electron chi connectivity index (χ2n) is 7.76. The summed E-state index contributed by atoms with van der Waals surface area (Å²) in [5.41, 5.74) is 0.823. The molecule has 5 nitrogen and oxygen atoms in total. The van der Waals surface area contributed by atoms with E-state index in [-0.39, 0.29) is 5.82 Å². The van der Waals surface area contributed by atoms with Gasteiger partial charge in [0.15, 0.2) is 0 Å². The molecule has 1 heterocycles. The average Bonchev–Trinajstić information content (AvgIpc) is 2.61. The average molecular weight is 364 g/mol. The summed E-state index contributed by atoms with van der Waals surface area (Å²) < 4.78 is 13.2. The number of piperidine rings is 1. The number of carboxylic acid groups (broad SMARTS) is 1. The molecule has 0 unspecified atom stereocenters. The highest BCUT2D eigenvalue weighted by atomic mass is 19.1. The molecule has 1 saturated heterocycles. The van der Waals surface area contributed by atoms with E-state index in [1.165, 1.54) is 31.4 Å². The van der Waals surface area contributed by atoms with Crippen molar-refractivity contribution in [1.29, 1.82) is 0 Å². The maximum absolute atomic E-state index is 13.2. The molecular weight excluding hydrogens is 335 g/mol. The second kappa shape index (κ2) is 8.93. The molecule has 144 valence electrons. The van der Waals surface area contributed by atoms with Crippen LogP contribution >= 0.6 is 0 Å². The smallest absolute Gasteiger partial charge is 0.320 e. The first-order chi connectivity index (χ1) is 12.5. The molecule has 0 radical (unpaired) electrons. The quantitative estimate of drug-likeness (QED) is 0.692. The number of nitrogens with one attached hydrogen (secondary N) is 1. The van der Waals surface area contributed by atoms with Crippen molar-refractivity contribution in [2.24, 2.45) is 11.8 Å². The van der Waals surface area contributed by atoms with Crippen LogP contribution in [0, 0.1) is 17.7 Å². The lowest BCUT2D eigenvalue weighted by Crippen LogP contribution is -2.54. The number of benzene rings is 1. The standard InChI is InChI=1S/C20H29FN2O3/c21-17-7-3-4-14(8-17)10-22-11-18(24)13-23-12-16-6-2-1-5-15(16)9-19(23)20(25)26/h3-4,7-8,15-16,18-19,22,24H,1-2,5-6,9-13H2,(H,25,26)/t15-,16+,18-,19-/m0/s1. The lowest BCUT2D eigenvalue weighted by Gasteiger charge is -2.45. The van der Waals surface area contributed by atoms with Gasteiger partial charge in [0.1, 0.15) is 11.9 Å². The summed E-state index contributed by atoms with van der Waals surface area (Å²) in [5.74, 6) is 0.0228. The van der Waals surface area contributed by atoms with Gasteiger partial charge in [-0.2, -0.15) is 0 Å². The van der Waals surface area contributed by atoms with Crippen LogP contribution in [0.2, 0.25) is 0 Å². The molecule has 0 bridgehead atoms. The normalized spacial score (nSPS) is 27.7. The SMILES string of the molecule is O=C(O)[C@@H]1C[C@@H]2CCCC[C@@H]2CN1C[C@@H](O)CNCc1cccc(F)c1. The summed E-state index contributed by atoms with van der Waals surface area (Å²) in [6.07, 6.45) is 4.79. The van der Waals surface area contributed by atoms with Gasteiger partial charge in [-0.05, 0) is 42.4 Å². The zero-order valence-electron chi connectivity index (χ0n) is 15.1. The summed E-state index contributed by atoms with van der Waals surface area (Å²) in [7, 11) is 0. The van der Waals surface area contributed by atoms with Gasteiger partial charge in [-0.15, -0.1) is 0 Å². The van der Waals surface area contributed by atoms with Gasteiger partial charge in [-0.3, -0.25) is 9.69 Å². The van der Waals surface area contributed by atoms with Gasteiger partial charge in [-0.1, -0.05) is 31.4 Å². The summed E-state index contributed by atoms with van der Waals surface area (Å²) in [5, 5.41) is 23.1. The zero-order valence-corrected chi connectivity index (χ0v) is 15.1. The number of hydrogen-bond acceptors (Lipinski definition) is 4. The Bertz CT molecular complexity index is 612. The van der Waals surface area contributed by atoms with Gasteiger partial charge in [0.05, 0.1) is 6.10 Å². The molecule has 6 heteroatoms. The van der Waals surface area contributed by atoms with Crippen LogP contribution in [-0.4, -0.2) is 52.9 Å². The fraction of sp³-hybridized carbons (Fsp3) is 0.650. The van der Waals surface area contributed by atoms with Gasteiger partial charge < -0.3 is 15.5 Å². The van der Waals surface area contributed by atoms with E-state index in [0.717, 1.165) is 18.5 Å². The highest BCUT2D eigenvalue weighted by Gasteiger charge is 2.40. The van der Waals surface area contributed by atoms with Crippen molar-refractivity contribution in [3.8, 4) is 0 Å². The molecule has 0 amide bonds. The number of rotatable bonds is 7. The van der Waals surface area contributed by atoms with Crippen molar-refractivity contribution in [2.45, 2.75) is 50.8 Å². The molecule has 26 heavy (non-hydrogen) atoms. The van der Waals surface area contributed by atoms with Crippen LogP contribution in [0.5, 0.6) is 0 Å². The molecule has 1 aromatic carbocycles. The van der Waals surface area contributed by atoms with Gasteiger partial charge in [0, 0.05) is 26.2 Å². The molecule has 1 saturated carbocycles. The number of nitrogens with zero attached hydrogens (tertiary/aromatic N) is 1. The van der Waals surface area contributed by atoms with Crippen LogP contribution in [0.15, 0.2) is 24.3 Å². The van der Waals surface area contributed by atoms with E-state index in [1.807, 2.05) is 11.0 Å². The number of aliphatic carboxylic acids is 1. The Kier molecular flexibility index (Phi) is 6.62. The number of β-amino-alcohol motifs (C(OH)–C–C–N with tert-alkyl or cyclic N) is 1. The van der Waals surface area contributed by atoms with E-state index in [2.05, 4.69) is 5.32 Å². The second-order valence-corrected chi connectivity index (χ2v) is 7.76. The Morgan fingerprint density at radius 2 is 2.08 bits per heavy atom. The van der Waals surface area contributed by atoms with Gasteiger partial charge in [-0.25, -0.2) is 4.39 Å². The van der Waals surface area contributed by atoms with E-state index in [1.54, 1.807) is 6.07 Å². The largest absolute Gasteiger partial charge is 0.480 e. The van der Waals surface area contributed by atoms with Gasteiger partial charge >= 0.3 is 5.97 Å². The first kappa shape index (κ1) is 19.3. The minimum Gasteiger partial charge on any atom is -0.480 e. The fourth-order valence-corrected chi connectivity index (χ4v) is 4.52. The lowest BCUT2D eigenvalue weighted by atomic mass is 9.73. The van der Waals surface area contributed by atoms with Gasteiger partial charge in [0.25, 0.3) is 0 Å². The molecule has 3 rings (SSSR count). The van der Waals surface area contributed by atoms with Crippen LogP contribution in [0.1, 0.15) is 37.7 Å². The van der Waals surface area contributed by atoms with E-state index in [9.17, 15) is 19.4 Å². The molecule has 4 atom stereocenters. The number of aliphatic hydroxyl groups excluding tert-OH is 1. The number of likely N-dealkylation sites (tertiary alicyclic amines) is 1. The molecular formula is C20H29FN2O3. The van der Waals surface area contributed by atoms with Crippen molar-refractivity contribution in [3.63, 3.8) is 0 Å². The first-order valence-electron chi connectivity index (χ1n) is 9.63. The Morgan fingerprint density at radius 1 is 1.31 bits per heavy atom. The minimum atomic E-state index is -0.783. The number of aliphatic hydroxyl groups is 1. The van der Waals surface area contributed by atoms with Crippen molar-refractivity contribution >= 4 is 5.97 Å².